The number of benzene rings is 3. The average Bonchev–Trinajstić information content (AvgIpc) is 3.44. The van der Waals surface area contributed by atoms with Crippen LogP contribution in [0.5, 0.6) is 5.75 Å². The van der Waals surface area contributed by atoms with Crippen LogP contribution in [0.1, 0.15) is 28.7 Å². The van der Waals surface area contributed by atoms with Crippen molar-refractivity contribution in [3.05, 3.63) is 83.0 Å². The van der Waals surface area contributed by atoms with Gasteiger partial charge in [0, 0.05) is 37.3 Å². The fraction of sp³-hybridized carbons (Fsp3) is 0.250. The van der Waals surface area contributed by atoms with Crippen LogP contribution >= 0.6 is 0 Å². The minimum atomic E-state index is -0.300. The summed E-state index contributed by atoms with van der Waals surface area (Å²) in [6.07, 6.45) is 4.16. The summed E-state index contributed by atoms with van der Waals surface area (Å²) in [7, 11) is 3.29. The predicted molar refractivity (Wildman–Crippen MR) is 129 cm³/mol. The van der Waals surface area contributed by atoms with Crippen molar-refractivity contribution in [3.63, 3.8) is 0 Å². The third-order valence-corrected chi connectivity index (χ3v) is 6.52. The van der Waals surface area contributed by atoms with E-state index in [1.807, 2.05) is 42.2 Å². The quantitative estimate of drug-likeness (QED) is 0.395. The first-order chi connectivity index (χ1) is 16.6. The second-order valence-corrected chi connectivity index (χ2v) is 8.65. The molecule has 0 spiro atoms. The van der Waals surface area contributed by atoms with Crippen LogP contribution in [0, 0.1) is 11.3 Å². The highest BCUT2D eigenvalue weighted by molar-refractivity contribution is 5.86. The number of nitriles is 1. The highest BCUT2D eigenvalue weighted by Gasteiger charge is 2.24. The zero-order valence-corrected chi connectivity index (χ0v) is 19.2. The molecule has 0 aliphatic heterocycles. The van der Waals surface area contributed by atoms with Gasteiger partial charge in [-0.15, -0.1) is 0 Å². The molecule has 0 atom stereocenters. The van der Waals surface area contributed by atoms with Crippen LogP contribution in [0.4, 0.5) is 0 Å². The van der Waals surface area contributed by atoms with Crippen LogP contribution in [-0.4, -0.2) is 29.0 Å². The maximum atomic E-state index is 11.8. The van der Waals surface area contributed by atoms with Gasteiger partial charge in [0.05, 0.1) is 30.5 Å². The van der Waals surface area contributed by atoms with E-state index in [4.69, 9.17) is 9.47 Å². The van der Waals surface area contributed by atoms with Gasteiger partial charge < -0.3 is 9.47 Å². The lowest BCUT2D eigenvalue weighted by molar-refractivity contribution is -0.140. The molecule has 1 heterocycles. The van der Waals surface area contributed by atoms with Gasteiger partial charge >= 0.3 is 5.97 Å². The summed E-state index contributed by atoms with van der Waals surface area (Å²) in [6, 6.07) is 20.7. The first kappa shape index (κ1) is 21.7. The van der Waals surface area contributed by atoms with E-state index in [1.54, 1.807) is 0 Å². The Hall–Kier alpha value is -4.11. The fourth-order valence-corrected chi connectivity index (χ4v) is 4.71. The van der Waals surface area contributed by atoms with Crippen molar-refractivity contribution in [2.24, 2.45) is 7.05 Å². The number of carbonyl (C=O) groups is 1. The zero-order chi connectivity index (χ0) is 23.7. The van der Waals surface area contributed by atoms with Crippen molar-refractivity contribution < 1.29 is 14.3 Å². The summed E-state index contributed by atoms with van der Waals surface area (Å²) in [5.74, 6) is 0.380. The lowest BCUT2D eigenvalue weighted by Gasteiger charge is -2.19. The highest BCUT2D eigenvalue weighted by atomic mass is 16.5. The van der Waals surface area contributed by atoms with Crippen LogP contribution in [0.3, 0.4) is 0 Å². The Morgan fingerprint density at radius 1 is 1.15 bits per heavy atom. The molecule has 0 fully saturated rings. The van der Waals surface area contributed by atoms with Gasteiger partial charge in [0.1, 0.15) is 11.9 Å². The summed E-state index contributed by atoms with van der Waals surface area (Å²) in [5, 5.41) is 15.2. The number of esters is 1. The fourth-order valence-electron chi connectivity index (χ4n) is 4.71. The van der Waals surface area contributed by atoms with Gasteiger partial charge in [-0.05, 0) is 52.9 Å². The van der Waals surface area contributed by atoms with E-state index in [0.717, 1.165) is 40.4 Å². The minimum absolute atomic E-state index is 0.00531. The Balaban J connectivity index is 1.55. The number of rotatable bonds is 6. The number of hydrogen-bond donors (Lipinski definition) is 0. The summed E-state index contributed by atoms with van der Waals surface area (Å²) in [6.45, 7) is 0. The molecule has 0 saturated carbocycles. The molecule has 1 aliphatic rings. The number of fused-ring (bicyclic) bond motifs is 2. The molecule has 170 valence electrons. The third kappa shape index (κ3) is 4.13. The van der Waals surface area contributed by atoms with Gasteiger partial charge in [0.25, 0.3) is 0 Å². The second-order valence-electron chi connectivity index (χ2n) is 8.65. The van der Waals surface area contributed by atoms with Crippen molar-refractivity contribution in [1.82, 2.24) is 9.78 Å². The van der Waals surface area contributed by atoms with Crippen LogP contribution in [-0.2, 0) is 35.8 Å². The zero-order valence-electron chi connectivity index (χ0n) is 19.2. The number of hydrogen-bond acceptors (Lipinski definition) is 5. The lowest BCUT2D eigenvalue weighted by atomic mass is 9.95. The van der Waals surface area contributed by atoms with Gasteiger partial charge in [0.15, 0.2) is 0 Å². The summed E-state index contributed by atoms with van der Waals surface area (Å²) in [4.78, 5) is 11.8. The first-order valence-corrected chi connectivity index (χ1v) is 11.3. The Morgan fingerprint density at radius 2 is 1.91 bits per heavy atom. The molecule has 6 nitrogen and oxygen atoms in total. The van der Waals surface area contributed by atoms with Crippen molar-refractivity contribution >= 4 is 16.9 Å². The largest absolute Gasteiger partial charge is 0.489 e. The maximum Gasteiger partial charge on any atom is 0.305 e. The number of aromatic nitrogens is 2. The number of nitrogens with zero attached hydrogens (tertiary/aromatic N) is 3. The molecular formula is C28H25N3O3. The normalized spacial score (nSPS) is 13.0. The number of ether oxygens (including phenoxy) is 2. The second kappa shape index (κ2) is 9.03. The number of aryl methyl sites for hydroxylation is 2. The van der Waals surface area contributed by atoms with Crippen LogP contribution in [0.2, 0.25) is 0 Å². The lowest BCUT2D eigenvalue weighted by Crippen LogP contribution is -2.17. The molecule has 0 unspecified atom stereocenters. The van der Waals surface area contributed by atoms with E-state index in [9.17, 15) is 10.1 Å². The minimum Gasteiger partial charge on any atom is -0.489 e. The molecule has 6 heteroatoms. The summed E-state index contributed by atoms with van der Waals surface area (Å²) >= 11 is 0. The predicted octanol–water partition coefficient (Wildman–Crippen LogP) is 4.76. The summed E-state index contributed by atoms with van der Waals surface area (Å²) in [5.41, 5.74) is 6.85. The molecule has 0 radical (unpaired) electrons. The van der Waals surface area contributed by atoms with E-state index in [0.29, 0.717) is 17.7 Å². The Morgan fingerprint density at radius 3 is 2.62 bits per heavy atom. The smallest absolute Gasteiger partial charge is 0.305 e. The van der Waals surface area contributed by atoms with Gasteiger partial charge in [-0.1, -0.05) is 30.3 Å². The van der Waals surface area contributed by atoms with Crippen molar-refractivity contribution in [3.8, 4) is 22.9 Å². The first-order valence-electron chi connectivity index (χ1n) is 11.3. The van der Waals surface area contributed by atoms with Gasteiger partial charge in [0.2, 0.25) is 0 Å². The van der Waals surface area contributed by atoms with E-state index in [-0.39, 0.29) is 18.5 Å². The molecule has 1 aliphatic carbocycles. The molecule has 1 aromatic heterocycles. The Bertz CT molecular complexity index is 1410. The van der Waals surface area contributed by atoms with Gasteiger partial charge in [-0.2, -0.15) is 10.4 Å². The average molecular weight is 452 g/mol. The Kier molecular flexibility index (Phi) is 5.77. The van der Waals surface area contributed by atoms with E-state index in [1.165, 1.54) is 18.2 Å². The van der Waals surface area contributed by atoms with Crippen molar-refractivity contribution in [2.75, 3.05) is 7.11 Å². The van der Waals surface area contributed by atoms with Crippen LogP contribution in [0.15, 0.2) is 60.8 Å². The molecular weight excluding hydrogens is 426 g/mol. The molecule has 0 bridgehead atoms. The van der Waals surface area contributed by atoms with Gasteiger partial charge in [-0.25, -0.2) is 0 Å². The van der Waals surface area contributed by atoms with E-state index < -0.39 is 0 Å². The standard InChI is InChI=1S/C28H25N3O3/c1-31-26-9-7-21(11-23(26)17-30-31)25-14-20(8-10-28(32)33-2)22(16-29)15-27(25)34-24-12-18-5-3-4-6-19(18)13-24/h3-7,9,11,14-15,17,24H,8,10,12-13H2,1-2H3. The molecule has 34 heavy (non-hydrogen) atoms. The number of carbonyl (C=O) groups excluding carboxylic acids is 1. The van der Waals surface area contributed by atoms with Crippen molar-refractivity contribution in [1.29, 1.82) is 5.26 Å². The van der Waals surface area contributed by atoms with E-state index in [2.05, 4.69) is 41.5 Å². The SMILES string of the molecule is COC(=O)CCc1cc(-c2ccc3c(cnn3C)c2)c(OC2Cc3ccccc3C2)cc1C#N. The highest BCUT2D eigenvalue weighted by Crippen LogP contribution is 2.37. The van der Waals surface area contributed by atoms with Gasteiger partial charge in [-0.3, -0.25) is 9.48 Å². The molecule has 4 aromatic rings. The monoisotopic (exact) mass is 451 g/mol. The van der Waals surface area contributed by atoms with Crippen LogP contribution in [0.25, 0.3) is 22.0 Å². The molecule has 0 N–H and O–H groups in total. The number of methoxy groups -OCH3 is 1. The maximum absolute atomic E-state index is 11.8. The Labute approximate surface area is 198 Å². The summed E-state index contributed by atoms with van der Waals surface area (Å²) < 4.78 is 13.2. The van der Waals surface area contributed by atoms with E-state index >= 15 is 0 Å². The topological polar surface area (TPSA) is 77.1 Å². The van der Waals surface area contributed by atoms with Crippen molar-refractivity contribution in [2.45, 2.75) is 31.8 Å². The molecule has 0 amide bonds. The molecule has 0 saturated heterocycles. The molecule has 3 aromatic carbocycles. The molecule has 5 rings (SSSR count). The van der Waals surface area contributed by atoms with Crippen LogP contribution < -0.4 is 4.74 Å². The third-order valence-electron chi connectivity index (χ3n) is 6.52.